The van der Waals surface area contributed by atoms with Gasteiger partial charge in [-0.3, -0.25) is 9.59 Å². The maximum Gasteiger partial charge on any atom is 0.303 e. The van der Waals surface area contributed by atoms with E-state index in [4.69, 9.17) is 5.11 Å². The van der Waals surface area contributed by atoms with Crippen LogP contribution in [0.1, 0.15) is 186 Å². The Morgan fingerprint density at radius 1 is 0.415 bits per heavy atom. The standard InChI is InChI=1S/C37H65NO3/c39-36(38-35-31-27-26-28-32-35)33-29-24-22-20-18-16-14-12-10-8-6-4-2-1-3-5-7-9-11-13-15-17-19-21-23-25-30-34-37(40)41/h26-28,31-32H,1-25,29-30,33-34H2,(H,38,39)(H,40,41). The van der Waals surface area contributed by atoms with Crippen LogP contribution in [0.3, 0.4) is 0 Å². The molecule has 1 amide bonds. The highest BCUT2D eigenvalue weighted by molar-refractivity contribution is 5.90. The molecule has 4 nitrogen and oxygen atoms in total. The number of carbonyl (C=O) groups excluding carboxylic acids is 1. The number of amides is 1. The van der Waals surface area contributed by atoms with Gasteiger partial charge in [0.05, 0.1) is 0 Å². The average molecular weight is 572 g/mol. The molecule has 0 aliphatic rings. The number of carboxylic acid groups (broad SMARTS) is 1. The fourth-order valence-electron chi connectivity index (χ4n) is 5.73. The van der Waals surface area contributed by atoms with Gasteiger partial charge in [-0.25, -0.2) is 0 Å². The van der Waals surface area contributed by atoms with Crippen LogP contribution in [0.5, 0.6) is 0 Å². The van der Waals surface area contributed by atoms with Crippen LogP contribution in [0.15, 0.2) is 30.3 Å². The highest BCUT2D eigenvalue weighted by atomic mass is 16.4. The minimum absolute atomic E-state index is 0.140. The van der Waals surface area contributed by atoms with Crippen molar-refractivity contribution in [2.24, 2.45) is 0 Å². The SMILES string of the molecule is O=C(O)CCCCCCCCCCCCCCCCCCCCCCCCCCCCCC(=O)Nc1ccccc1. The Balaban J connectivity index is 1.66. The van der Waals surface area contributed by atoms with E-state index in [1.807, 2.05) is 30.3 Å². The molecule has 0 aliphatic heterocycles. The molecule has 0 bridgehead atoms. The van der Waals surface area contributed by atoms with Crippen LogP contribution in [-0.2, 0) is 9.59 Å². The van der Waals surface area contributed by atoms with Crippen LogP contribution in [0.2, 0.25) is 0 Å². The van der Waals surface area contributed by atoms with Gasteiger partial charge < -0.3 is 10.4 Å². The van der Waals surface area contributed by atoms with Gasteiger partial charge in [-0.15, -0.1) is 0 Å². The quantitative estimate of drug-likeness (QED) is 0.0871. The van der Waals surface area contributed by atoms with Crippen LogP contribution in [-0.4, -0.2) is 17.0 Å². The third-order valence-electron chi connectivity index (χ3n) is 8.35. The van der Waals surface area contributed by atoms with Gasteiger partial charge >= 0.3 is 5.97 Å². The summed E-state index contributed by atoms with van der Waals surface area (Å²) in [5.74, 6) is -0.515. The first-order valence-corrected chi connectivity index (χ1v) is 17.7. The molecule has 1 aromatic carbocycles. The second-order valence-corrected chi connectivity index (χ2v) is 12.4. The number of rotatable bonds is 31. The molecule has 0 aromatic heterocycles. The second-order valence-electron chi connectivity index (χ2n) is 12.4. The van der Waals surface area contributed by atoms with Gasteiger partial charge in [-0.2, -0.15) is 0 Å². The maximum atomic E-state index is 12.0. The van der Waals surface area contributed by atoms with Crippen LogP contribution < -0.4 is 5.32 Å². The van der Waals surface area contributed by atoms with Crippen molar-refractivity contribution in [2.75, 3.05) is 5.32 Å². The van der Waals surface area contributed by atoms with E-state index in [1.54, 1.807) is 0 Å². The number of unbranched alkanes of at least 4 members (excludes halogenated alkanes) is 26. The summed E-state index contributed by atoms with van der Waals surface area (Å²) in [4.78, 5) is 22.4. The zero-order chi connectivity index (χ0) is 29.5. The van der Waals surface area contributed by atoms with Crippen molar-refractivity contribution in [3.8, 4) is 0 Å². The van der Waals surface area contributed by atoms with E-state index in [-0.39, 0.29) is 5.91 Å². The van der Waals surface area contributed by atoms with Crippen molar-refractivity contribution in [3.05, 3.63) is 30.3 Å². The van der Waals surface area contributed by atoms with Crippen molar-refractivity contribution < 1.29 is 14.7 Å². The molecular formula is C37H65NO3. The van der Waals surface area contributed by atoms with E-state index < -0.39 is 5.97 Å². The zero-order valence-electron chi connectivity index (χ0n) is 26.7. The van der Waals surface area contributed by atoms with Gasteiger partial charge in [-0.1, -0.05) is 179 Å². The molecule has 41 heavy (non-hydrogen) atoms. The Morgan fingerprint density at radius 2 is 0.683 bits per heavy atom. The molecule has 0 unspecified atom stereocenters. The van der Waals surface area contributed by atoms with Crippen molar-refractivity contribution >= 4 is 17.6 Å². The molecule has 0 radical (unpaired) electrons. The van der Waals surface area contributed by atoms with E-state index in [1.165, 1.54) is 154 Å². The van der Waals surface area contributed by atoms with Gasteiger partial charge in [0, 0.05) is 18.5 Å². The molecule has 0 saturated heterocycles. The predicted octanol–water partition coefficient (Wildman–Crippen LogP) is 12.0. The molecule has 4 heteroatoms. The third kappa shape index (κ3) is 28.1. The third-order valence-corrected chi connectivity index (χ3v) is 8.35. The number of carboxylic acids is 1. The molecule has 1 rings (SSSR count). The molecule has 0 fully saturated rings. The summed E-state index contributed by atoms with van der Waals surface area (Å²) < 4.78 is 0. The van der Waals surface area contributed by atoms with Crippen molar-refractivity contribution in [1.29, 1.82) is 0 Å². The van der Waals surface area contributed by atoms with Crippen LogP contribution in [0.4, 0.5) is 5.69 Å². The second kappa shape index (κ2) is 29.6. The first-order valence-electron chi connectivity index (χ1n) is 17.7. The summed E-state index contributed by atoms with van der Waals surface area (Å²) in [5.41, 5.74) is 0.897. The summed E-state index contributed by atoms with van der Waals surface area (Å²) in [6.45, 7) is 0. The first-order chi connectivity index (χ1) is 20.2. The normalized spacial score (nSPS) is 11.1. The number of benzene rings is 1. The molecule has 236 valence electrons. The van der Waals surface area contributed by atoms with Gasteiger partial charge in [0.2, 0.25) is 5.91 Å². The van der Waals surface area contributed by atoms with Crippen LogP contribution in [0.25, 0.3) is 0 Å². The van der Waals surface area contributed by atoms with Crippen molar-refractivity contribution in [3.63, 3.8) is 0 Å². The molecule has 2 N–H and O–H groups in total. The Bertz CT molecular complexity index is 705. The topological polar surface area (TPSA) is 66.4 Å². The Hall–Kier alpha value is -1.84. The highest BCUT2D eigenvalue weighted by Gasteiger charge is 2.02. The van der Waals surface area contributed by atoms with E-state index in [9.17, 15) is 9.59 Å². The lowest BCUT2D eigenvalue weighted by molar-refractivity contribution is -0.137. The maximum absolute atomic E-state index is 12.0. The summed E-state index contributed by atoms with van der Waals surface area (Å²) in [6, 6.07) is 9.74. The number of aliphatic carboxylic acids is 1. The first kappa shape index (κ1) is 37.2. The fourth-order valence-corrected chi connectivity index (χ4v) is 5.73. The highest BCUT2D eigenvalue weighted by Crippen LogP contribution is 2.16. The molecule has 0 heterocycles. The van der Waals surface area contributed by atoms with Gasteiger partial charge in [0.25, 0.3) is 0 Å². The number of nitrogens with one attached hydrogen (secondary N) is 1. The van der Waals surface area contributed by atoms with E-state index in [2.05, 4.69) is 5.32 Å². The number of anilines is 1. The zero-order valence-corrected chi connectivity index (χ0v) is 26.7. The van der Waals surface area contributed by atoms with E-state index in [0.717, 1.165) is 24.9 Å². The minimum atomic E-state index is -0.655. The summed E-state index contributed by atoms with van der Waals surface area (Å²) >= 11 is 0. The average Bonchev–Trinajstić information content (AvgIpc) is 2.96. The smallest absolute Gasteiger partial charge is 0.303 e. The number of carbonyl (C=O) groups is 2. The fraction of sp³-hybridized carbons (Fsp3) is 0.784. The van der Waals surface area contributed by atoms with Crippen molar-refractivity contribution in [2.45, 2.75) is 186 Å². The summed E-state index contributed by atoms with van der Waals surface area (Å²) in [5, 5.41) is 11.6. The Morgan fingerprint density at radius 3 is 0.976 bits per heavy atom. The largest absolute Gasteiger partial charge is 0.481 e. The lowest BCUT2D eigenvalue weighted by Gasteiger charge is -2.05. The van der Waals surface area contributed by atoms with Crippen molar-refractivity contribution in [1.82, 2.24) is 0 Å². The monoisotopic (exact) mass is 571 g/mol. The molecule has 1 aromatic rings. The molecule has 0 aliphatic carbocycles. The van der Waals surface area contributed by atoms with Gasteiger partial charge in [0.15, 0.2) is 0 Å². The van der Waals surface area contributed by atoms with Crippen LogP contribution >= 0.6 is 0 Å². The lowest BCUT2D eigenvalue weighted by Crippen LogP contribution is -2.10. The molecule has 0 atom stereocenters. The minimum Gasteiger partial charge on any atom is -0.481 e. The molecule has 0 spiro atoms. The molecular weight excluding hydrogens is 506 g/mol. The van der Waals surface area contributed by atoms with Gasteiger partial charge in [0.1, 0.15) is 0 Å². The van der Waals surface area contributed by atoms with Crippen LogP contribution in [0, 0.1) is 0 Å². The van der Waals surface area contributed by atoms with E-state index >= 15 is 0 Å². The molecule has 0 saturated carbocycles. The Labute approximate surface area is 253 Å². The lowest BCUT2D eigenvalue weighted by atomic mass is 10.0. The number of hydrogen-bond acceptors (Lipinski definition) is 2. The summed E-state index contributed by atoms with van der Waals surface area (Å²) in [6.07, 6.45) is 36.9. The predicted molar refractivity (Wildman–Crippen MR) is 177 cm³/mol. The Kier molecular flexibility index (Phi) is 26.9. The van der Waals surface area contributed by atoms with E-state index in [0.29, 0.717) is 12.8 Å². The number of hydrogen-bond donors (Lipinski definition) is 2. The number of para-hydroxylation sites is 1. The summed E-state index contributed by atoms with van der Waals surface area (Å²) in [7, 11) is 0. The van der Waals surface area contributed by atoms with Gasteiger partial charge in [-0.05, 0) is 25.0 Å².